The highest BCUT2D eigenvalue weighted by Crippen LogP contribution is 2.35. The monoisotopic (exact) mass is 437 g/mol. The molecule has 2 aromatic carbocycles. The lowest BCUT2D eigenvalue weighted by Crippen LogP contribution is -2.43. The fourth-order valence-electron chi connectivity index (χ4n) is 4.44. The van der Waals surface area contributed by atoms with E-state index >= 15 is 0 Å². The molecule has 0 unspecified atom stereocenters. The van der Waals surface area contributed by atoms with E-state index in [4.69, 9.17) is 9.47 Å². The van der Waals surface area contributed by atoms with Crippen molar-refractivity contribution in [2.24, 2.45) is 0 Å². The van der Waals surface area contributed by atoms with Gasteiger partial charge < -0.3 is 19.7 Å². The van der Waals surface area contributed by atoms with Crippen LogP contribution in [0.15, 0.2) is 48.5 Å². The van der Waals surface area contributed by atoms with Crippen molar-refractivity contribution in [2.75, 3.05) is 24.4 Å². The summed E-state index contributed by atoms with van der Waals surface area (Å²) in [6.45, 7) is 0. The van der Waals surface area contributed by atoms with E-state index in [1.165, 1.54) is 12.0 Å². The zero-order valence-corrected chi connectivity index (χ0v) is 18.2. The predicted molar refractivity (Wildman–Crippen MR) is 120 cm³/mol. The molecule has 1 N–H and O–H groups in total. The van der Waals surface area contributed by atoms with Gasteiger partial charge in [0.2, 0.25) is 5.91 Å². The summed E-state index contributed by atoms with van der Waals surface area (Å²) in [7, 11) is 3.10. The van der Waals surface area contributed by atoms with Gasteiger partial charge in [-0.15, -0.1) is 0 Å². The molecule has 1 atom stereocenters. The van der Waals surface area contributed by atoms with Crippen molar-refractivity contribution in [3.8, 4) is 11.5 Å². The lowest BCUT2D eigenvalue weighted by Gasteiger charge is -2.27. The standard InChI is InChI=1S/C24H27N3O5/c1-31-19-12-10-16(11-13-19)25-22(28)15-21-23(29)27(18-8-5-9-20(14-18)32-2)24(30)26(21)17-6-3-4-7-17/h5,8-14,17,21H,3-4,6-7,15H2,1-2H3,(H,25,28)/t21-/m1/s1. The minimum atomic E-state index is -0.838. The highest BCUT2D eigenvalue weighted by molar-refractivity contribution is 6.22. The van der Waals surface area contributed by atoms with E-state index in [1.807, 2.05) is 0 Å². The number of carbonyl (C=O) groups excluding carboxylic acids is 3. The largest absolute Gasteiger partial charge is 0.497 e. The normalized spacial score (nSPS) is 18.9. The van der Waals surface area contributed by atoms with E-state index in [2.05, 4.69) is 5.32 Å². The van der Waals surface area contributed by atoms with Crippen LogP contribution >= 0.6 is 0 Å². The fourth-order valence-corrected chi connectivity index (χ4v) is 4.44. The van der Waals surface area contributed by atoms with Gasteiger partial charge in [-0.25, -0.2) is 9.69 Å². The number of amides is 4. The molecule has 1 saturated carbocycles. The van der Waals surface area contributed by atoms with Crippen molar-refractivity contribution in [3.63, 3.8) is 0 Å². The Hall–Kier alpha value is -3.55. The van der Waals surface area contributed by atoms with E-state index in [0.717, 1.165) is 25.7 Å². The second kappa shape index (κ2) is 9.30. The molecule has 2 fully saturated rings. The Labute approximate surface area is 187 Å². The van der Waals surface area contributed by atoms with Crippen LogP contribution in [0.5, 0.6) is 11.5 Å². The third kappa shape index (κ3) is 4.26. The molecule has 1 aliphatic heterocycles. The predicted octanol–water partition coefficient (Wildman–Crippen LogP) is 3.81. The number of methoxy groups -OCH3 is 2. The minimum absolute atomic E-state index is 0.0409. The molecule has 2 aromatic rings. The first kappa shape index (κ1) is 21.7. The number of benzene rings is 2. The number of carbonyl (C=O) groups is 3. The van der Waals surface area contributed by atoms with Crippen LogP contribution < -0.4 is 19.7 Å². The van der Waals surface area contributed by atoms with Crippen LogP contribution in [-0.4, -0.2) is 49.0 Å². The van der Waals surface area contributed by atoms with Crippen LogP contribution in [0, 0.1) is 0 Å². The third-order valence-corrected chi connectivity index (χ3v) is 6.04. The summed E-state index contributed by atoms with van der Waals surface area (Å²) in [6.07, 6.45) is 3.58. The van der Waals surface area contributed by atoms with Gasteiger partial charge in [-0.05, 0) is 49.2 Å². The van der Waals surface area contributed by atoms with Crippen molar-refractivity contribution in [3.05, 3.63) is 48.5 Å². The number of hydrogen-bond donors (Lipinski definition) is 1. The maximum Gasteiger partial charge on any atom is 0.332 e. The van der Waals surface area contributed by atoms with Crippen molar-refractivity contribution < 1.29 is 23.9 Å². The quantitative estimate of drug-likeness (QED) is 0.666. The summed E-state index contributed by atoms with van der Waals surface area (Å²) >= 11 is 0. The van der Waals surface area contributed by atoms with Gasteiger partial charge in [0.25, 0.3) is 5.91 Å². The van der Waals surface area contributed by atoms with E-state index in [9.17, 15) is 14.4 Å². The molecule has 168 valence electrons. The lowest BCUT2D eigenvalue weighted by atomic mass is 10.1. The smallest absolute Gasteiger partial charge is 0.332 e. The maximum atomic E-state index is 13.4. The molecule has 32 heavy (non-hydrogen) atoms. The van der Waals surface area contributed by atoms with Gasteiger partial charge in [0, 0.05) is 17.8 Å². The Morgan fingerprint density at radius 2 is 1.69 bits per heavy atom. The SMILES string of the molecule is COc1ccc(NC(=O)C[C@@H]2C(=O)N(c3cccc(OC)c3)C(=O)N2C2CCCC2)cc1. The van der Waals surface area contributed by atoms with Crippen LogP contribution in [0.1, 0.15) is 32.1 Å². The molecule has 2 aliphatic rings. The Balaban J connectivity index is 1.56. The number of nitrogens with one attached hydrogen (secondary N) is 1. The van der Waals surface area contributed by atoms with Gasteiger partial charge in [-0.2, -0.15) is 0 Å². The highest BCUT2D eigenvalue weighted by atomic mass is 16.5. The number of ether oxygens (including phenoxy) is 2. The topological polar surface area (TPSA) is 88.2 Å². The van der Waals surface area contributed by atoms with E-state index in [-0.39, 0.29) is 30.3 Å². The zero-order valence-electron chi connectivity index (χ0n) is 18.2. The molecule has 0 aromatic heterocycles. The Bertz CT molecular complexity index is 1000. The van der Waals surface area contributed by atoms with E-state index in [0.29, 0.717) is 22.9 Å². The second-order valence-electron chi connectivity index (χ2n) is 8.00. The first-order valence-electron chi connectivity index (χ1n) is 10.8. The van der Waals surface area contributed by atoms with E-state index in [1.54, 1.807) is 60.5 Å². The molecule has 0 spiro atoms. The molecule has 1 saturated heterocycles. The van der Waals surface area contributed by atoms with Gasteiger partial charge in [0.15, 0.2) is 0 Å². The number of rotatable bonds is 7. The molecule has 1 aliphatic carbocycles. The van der Waals surface area contributed by atoms with Crippen molar-refractivity contribution in [1.29, 1.82) is 0 Å². The summed E-state index contributed by atoms with van der Waals surface area (Å²) in [5, 5.41) is 2.82. The van der Waals surface area contributed by atoms with Gasteiger partial charge in [-0.3, -0.25) is 9.59 Å². The number of imide groups is 1. The highest BCUT2D eigenvalue weighted by Gasteiger charge is 2.49. The van der Waals surface area contributed by atoms with Gasteiger partial charge >= 0.3 is 6.03 Å². The van der Waals surface area contributed by atoms with Crippen LogP contribution in [0.25, 0.3) is 0 Å². The Morgan fingerprint density at radius 1 is 1.00 bits per heavy atom. The first-order chi connectivity index (χ1) is 15.5. The first-order valence-corrected chi connectivity index (χ1v) is 10.8. The number of urea groups is 1. The average molecular weight is 437 g/mol. The lowest BCUT2D eigenvalue weighted by molar-refractivity contribution is -0.124. The molecule has 8 nitrogen and oxygen atoms in total. The summed E-state index contributed by atoms with van der Waals surface area (Å²) in [4.78, 5) is 42.3. The molecule has 0 bridgehead atoms. The van der Waals surface area contributed by atoms with E-state index < -0.39 is 6.04 Å². The Morgan fingerprint density at radius 3 is 2.34 bits per heavy atom. The van der Waals surface area contributed by atoms with Gasteiger partial charge in [0.1, 0.15) is 17.5 Å². The van der Waals surface area contributed by atoms with Gasteiger partial charge in [0.05, 0.1) is 26.3 Å². The average Bonchev–Trinajstić information content (AvgIpc) is 3.41. The summed E-state index contributed by atoms with van der Waals surface area (Å²) in [6, 6.07) is 12.5. The Kier molecular flexibility index (Phi) is 6.30. The number of nitrogens with zero attached hydrogens (tertiary/aromatic N) is 2. The molecule has 4 amide bonds. The molecule has 1 heterocycles. The van der Waals surface area contributed by atoms with Crippen LogP contribution in [0.2, 0.25) is 0 Å². The van der Waals surface area contributed by atoms with Crippen LogP contribution in [0.4, 0.5) is 16.2 Å². The maximum absolute atomic E-state index is 13.4. The van der Waals surface area contributed by atoms with Crippen LogP contribution in [0.3, 0.4) is 0 Å². The number of anilines is 2. The van der Waals surface area contributed by atoms with Crippen LogP contribution in [-0.2, 0) is 9.59 Å². The number of hydrogen-bond acceptors (Lipinski definition) is 5. The minimum Gasteiger partial charge on any atom is -0.497 e. The van der Waals surface area contributed by atoms with Crippen molar-refractivity contribution in [1.82, 2.24) is 4.90 Å². The van der Waals surface area contributed by atoms with Crippen molar-refractivity contribution in [2.45, 2.75) is 44.2 Å². The zero-order chi connectivity index (χ0) is 22.7. The molecular weight excluding hydrogens is 410 g/mol. The molecule has 0 radical (unpaired) electrons. The summed E-state index contributed by atoms with van der Waals surface area (Å²) in [5.74, 6) is 0.522. The third-order valence-electron chi connectivity index (χ3n) is 6.04. The molecular formula is C24H27N3O5. The van der Waals surface area contributed by atoms with Gasteiger partial charge in [-0.1, -0.05) is 18.9 Å². The summed E-state index contributed by atoms with van der Waals surface area (Å²) < 4.78 is 10.4. The second-order valence-corrected chi connectivity index (χ2v) is 8.00. The summed E-state index contributed by atoms with van der Waals surface area (Å²) in [5.41, 5.74) is 1.05. The fraction of sp³-hybridized carbons (Fsp3) is 0.375. The van der Waals surface area contributed by atoms with Crippen molar-refractivity contribution >= 4 is 29.2 Å². The molecule has 4 rings (SSSR count). The molecule has 8 heteroatoms.